The third kappa shape index (κ3) is 1.01. The summed E-state index contributed by atoms with van der Waals surface area (Å²) in [5, 5.41) is 0. The summed E-state index contributed by atoms with van der Waals surface area (Å²) in [7, 11) is 0. The molecule has 0 bridgehead atoms. The lowest BCUT2D eigenvalue weighted by atomic mass is 10.1. The monoisotopic (exact) mass is 186 g/mol. The highest BCUT2D eigenvalue weighted by atomic mass is 19.1. The van der Waals surface area contributed by atoms with Crippen molar-refractivity contribution in [2.24, 2.45) is 0 Å². The molecule has 68 valence electrons. The van der Waals surface area contributed by atoms with Gasteiger partial charge in [0.1, 0.15) is 0 Å². The highest BCUT2D eigenvalue weighted by Gasteiger charge is 2.27. The SMILES string of the molecule is Fc1c(-c2ccccc2)ccc2c1O2. The molecule has 3 rings (SSSR count). The number of rotatable bonds is 1. The normalized spacial score (nSPS) is 11.8. The zero-order chi connectivity index (χ0) is 9.54. The number of benzene rings is 2. The maximum absolute atomic E-state index is 13.6. The lowest BCUT2D eigenvalue weighted by Gasteiger charge is -1.99. The summed E-state index contributed by atoms with van der Waals surface area (Å²) >= 11 is 0. The van der Waals surface area contributed by atoms with Gasteiger partial charge in [0.05, 0.1) is 0 Å². The molecule has 2 aromatic rings. The fraction of sp³-hybridized carbons (Fsp3) is 0. The largest absolute Gasteiger partial charge is 0.446 e. The van der Waals surface area contributed by atoms with Crippen LogP contribution in [0.2, 0.25) is 0 Å². The van der Waals surface area contributed by atoms with Crippen molar-refractivity contribution in [3.8, 4) is 22.6 Å². The van der Waals surface area contributed by atoms with Crippen molar-refractivity contribution in [1.82, 2.24) is 0 Å². The van der Waals surface area contributed by atoms with Gasteiger partial charge in [-0.2, -0.15) is 0 Å². The molecule has 0 spiro atoms. The predicted octanol–water partition coefficient (Wildman–Crippen LogP) is 3.60. The first kappa shape index (κ1) is 7.56. The van der Waals surface area contributed by atoms with E-state index in [9.17, 15) is 4.39 Å². The van der Waals surface area contributed by atoms with Gasteiger partial charge in [0.2, 0.25) is 5.75 Å². The van der Waals surface area contributed by atoms with E-state index >= 15 is 0 Å². The van der Waals surface area contributed by atoms with E-state index in [1.807, 2.05) is 30.3 Å². The van der Waals surface area contributed by atoms with Crippen molar-refractivity contribution in [2.75, 3.05) is 0 Å². The quantitative estimate of drug-likeness (QED) is 0.529. The van der Waals surface area contributed by atoms with Crippen molar-refractivity contribution in [2.45, 2.75) is 0 Å². The van der Waals surface area contributed by atoms with Crippen molar-refractivity contribution in [3.63, 3.8) is 0 Å². The molecule has 0 radical (unpaired) electrons. The Morgan fingerprint density at radius 1 is 0.929 bits per heavy atom. The lowest BCUT2D eigenvalue weighted by molar-refractivity contribution is 0.574. The smallest absolute Gasteiger partial charge is 0.206 e. The molecule has 0 atom stereocenters. The minimum atomic E-state index is -0.256. The first-order valence-corrected chi connectivity index (χ1v) is 4.42. The van der Waals surface area contributed by atoms with Crippen LogP contribution in [0.3, 0.4) is 0 Å². The van der Waals surface area contributed by atoms with Crippen LogP contribution < -0.4 is 4.74 Å². The van der Waals surface area contributed by atoms with E-state index in [2.05, 4.69) is 0 Å². The Morgan fingerprint density at radius 3 is 2.50 bits per heavy atom. The molecule has 1 aliphatic heterocycles. The Labute approximate surface area is 80.8 Å². The fourth-order valence-corrected chi connectivity index (χ4v) is 1.54. The summed E-state index contributed by atoms with van der Waals surface area (Å²) in [5.41, 5.74) is 1.48. The van der Waals surface area contributed by atoms with E-state index in [0.29, 0.717) is 17.1 Å². The summed E-state index contributed by atoms with van der Waals surface area (Å²) in [5.74, 6) is 0.794. The molecule has 1 nitrogen and oxygen atoms in total. The van der Waals surface area contributed by atoms with Gasteiger partial charge in [-0.1, -0.05) is 30.3 Å². The van der Waals surface area contributed by atoms with Gasteiger partial charge in [0, 0.05) is 5.56 Å². The molecule has 0 saturated carbocycles. The first-order chi connectivity index (χ1) is 6.86. The molecule has 1 aliphatic rings. The van der Waals surface area contributed by atoms with Crippen molar-refractivity contribution >= 4 is 0 Å². The molecule has 1 heterocycles. The van der Waals surface area contributed by atoms with Gasteiger partial charge in [0.15, 0.2) is 11.6 Å². The second-order valence-electron chi connectivity index (χ2n) is 3.22. The Balaban J connectivity index is 2.19. The van der Waals surface area contributed by atoms with Crippen LogP contribution in [-0.2, 0) is 0 Å². The molecule has 2 heteroatoms. The van der Waals surface area contributed by atoms with Crippen LogP contribution in [0.4, 0.5) is 4.39 Å². The minimum Gasteiger partial charge on any atom is -0.446 e. The van der Waals surface area contributed by atoms with Gasteiger partial charge in [-0.15, -0.1) is 0 Å². The first-order valence-electron chi connectivity index (χ1n) is 4.42. The zero-order valence-electron chi connectivity index (χ0n) is 7.33. The second kappa shape index (κ2) is 2.58. The van der Waals surface area contributed by atoms with Crippen LogP contribution in [0.1, 0.15) is 0 Å². The molecule has 0 amide bonds. The third-order valence-corrected chi connectivity index (χ3v) is 2.32. The molecule has 0 aromatic heterocycles. The van der Waals surface area contributed by atoms with Gasteiger partial charge >= 0.3 is 0 Å². The van der Waals surface area contributed by atoms with E-state index in [1.54, 1.807) is 12.1 Å². The number of halogens is 1. The van der Waals surface area contributed by atoms with Crippen molar-refractivity contribution < 1.29 is 9.13 Å². The van der Waals surface area contributed by atoms with Gasteiger partial charge in [-0.25, -0.2) is 4.39 Å². The Bertz CT molecular complexity index is 491. The average Bonchev–Trinajstić information content (AvgIpc) is 3.00. The minimum absolute atomic E-state index is 0.256. The van der Waals surface area contributed by atoms with E-state index < -0.39 is 0 Å². The summed E-state index contributed by atoms with van der Waals surface area (Å²) in [6.45, 7) is 0. The maximum Gasteiger partial charge on any atom is 0.206 e. The molecule has 0 aliphatic carbocycles. The topological polar surface area (TPSA) is 12.5 Å². The highest BCUT2D eigenvalue weighted by molar-refractivity contribution is 5.71. The predicted molar refractivity (Wildman–Crippen MR) is 51.9 cm³/mol. The summed E-state index contributed by atoms with van der Waals surface area (Å²) < 4.78 is 18.6. The van der Waals surface area contributed by atoms with Crippen LogP contribution in [0.15, 0.2) is 42.5 Å². The number of hydrogen-bond acceptors (Lipinski definition) is 1. The Kier molecular flexibility index (Phi) is 1.39. The van der Waals surface area contributed by atoms with Crippen LogP contribution in [0.5, 0.6) is 11.5 Å². The molecular formula is C12H7FO. The van der Waals surface area contributed by atoms with Crippen molar-refractivity contribution in [3.05, 3.63) is 48.3 Å². The third-order valence-electron chi connectivity index (χ3n) is 2.32. The standard InChI is InChI=1S/C12H7FO/c13-11-9(6-7-10-12(11)14-10)8-4-2-1-3-5-8/h1-7H. The molecule has 0 fully saturated rings. The van der Waals surface area contributed by atoms with Crippen LogP contribution in [0.25, 0.3) is 11.1 Å². The van der Waals surface area contributed by atoms with Crippen LogP contribution in [-0.4, -0.2) is 0 Å². The molecule has 0 N–H and O–H groups in total. The summed E-state index contributed by atoms with van der Waals surface area (Å²) in [6, 6.07) is 13.0. The van der Waals surface area contributed by atoms with Crippen LogP contribution in [0, 0.1) is 5.82 Å². The lowest BCUT2D eigenvalue weighted by Crippen LogP contribution is -1.79. The van der Waals surface area contributed by atoms with Gasteiger partial charge in [-0.05, 0) is 17.7 Å². The molecule has 0 saturated heterocycles. The van der Waals surface area contributed by atoms with Gasteiger partial charge in [-0.3, -0.25) is 0 Å². The van der Waals surface area contributed by atoms with E-state index in [-0.39, 0.29) is 5.82 Å². The fourth-order valence-electron chi connectivity index (χ4n) is 1.54. The molecule has 2 aromatic carbocycles. The van der Waals surface area contributed by atoms with Gasteiger partial charge in [0.25, 0.3) is 0 Å². The number of ether oxygens (including phenoxy) is 1. The summed E-state index contributed by atoms with van der Waals surface area (Å²) in [4.78, 5) is 0. The summed E-state index contributed by atoms with van der Waals surface area (Å²) in [6.07, 6.45) is 0. The zero-order valence-corrected chi connectivity index (χ0v) is 7.33. The Hall–Kier alpha value is -1.83. The maximum atomic E-state index is 13.6. The van der Waals surface area contributed by atoms with E-state index in [4.69, 9.17) is 4.74 Å². The number of hydrogen-bond donors (Lipinski definition) is 0. The highest BCUT2D eigenvalue weighted by Crippen LogP contribution is 2.49. The van der Waals surface area contributed by atoms with Crippen LogP contribution >= 0.6 is 0 Å². The second-order valence-corrected chi connectivity index (χ2v) is 3.22. The molecule has 0 unspecified atom stereocenters. The number of fused-ring (bicyclic) bond motifs is 1. The Morgan fingerprint density at radius 2 is 1.71 bits per heavy atom. The van der Waals surface area contributed by atoms with E-state index in [0.717, 1.165) is 5.56 Å². The molecule has 14 heavy (non-hydrogen) atoms. The van der Waals surface area contributed by atoms with Crippen molar-refractivity contribution in [1.29, 1.82) is 0 Å². The average molecular weight is 186 g/mol. The van der Waals surface area contributed by atoms with Gasteiger partial charge < -0.3 is 4.74 Å². The van der Waals surface area contributed by atoms with E-state index in [1.165, 1.54) is 0 Å². The molecular weight excluding hydrogens is 179 g/mol.